The third kappa shape index (κ3) is 2.47. The van der Waals surface area contributed by atoms with Crippen LogP contribution in [0.15, 0.2) is 47.3 Å². The van der Waals surface area contributed by atoms with E-state index in [4.69, 9.17) is 11.6 Å². The van der Waals surface area contributed by atoms with Crippen LogP contribution in [0, 0.1) is 6.92 Å². The van der Waals surface area contributed by atoms with Gasteiger partial charge in [-0.25, -0.2) is 4.98 Å². The number of hydrogen-bond donors (Lipinski definition) is 0. The maximum atomic E-state index is 12.7. The van der Waals surface area contributed by atoms with Crippen molar-refractivity contribution in [2.75, 3.05) is 0 Å². The Hall–Kier alpha value is -2.39. The molecule has 114 valence electrons. The molecular weight excluding hydrogens is 308 g/mol. The fraction of sp³-hybridized carbons (Fsp3) is 0.158. The van der Waals surface area contributed by atoms with E-state index < -0.39 is 0 Å². The summed E-state index contributed by atoms with van der Waals surface area (Å²) in [6.07, 6.45) is 2.94. The summed E-state index contributed by atoms with van der Waals surface area (Å²) in [6, 6.07) is 13.6. The second-order valence-corrected chi connectivity index (χ2v) is 6.32. The summed E-state index contributed by atoms with van der Waals surface area (Å²) in [4.78, 5) is 17.3. The van der Waals surface area contributed by atoms with Crippen LogP contribution in [0.2, 0.25) is 5.02 Å². The van der Waals surface area contributed by atoms with Gasteiger partial charge in [-0.3, -0.25) is 9.36 Å². The maximum absolute atomic E-state index is 12.7. The third-order valence-electron chi connectivity index (χ3n) is 4.23. The topological polar surface area (TPSA) is 34.9 Å². The standard InChI is InChI=1S/C19H15ClN2O/c1-12-2-4-13(5-3-12)10-14-8-9-22-18(14)21-17-7-6-15(20)11-16(17)19(22)23/h2-7,10-11H,8-9H2,1H3/b14-10+. The van der Waals surface area contributed by atoms with E-state index >= 15 is 0 Å². The number of aryl methyl sites for hydroxylation is 1. The Morgan fingerprint density at radius 2 is 1.96 bits per heavy atom. The molecule has 0 bridgehead atoms. The molecule has 1 aliphatic rings. The largest absolute Gasteiger partial charge is 0.292 e. The van der Waals surface area contributed by atoms with Crippen LogP contribution in [0.1, 0.15) is 23.4 Å². The highest BCUT2D eigenvalue weighted by molar-refractivity contribution is 6.31. The summed E-state index contributed by atoms with van der Waals surface area (Å²) in [5, 5.41) is 1.14. The molecule has 2 heterocycles. The summed E-state index contributed by atoms with van der Waals surface area (Å²) in [5.74, 6) is 0.769. The van der Waals surface area contributed by atoms with E-state index in [1.165, 1.54) is 5.56 Å². The van der Waals surface area contributed by atoms with Crippen molar-refractivity contribution in [3.63, 3.8) is 0 Å². The Bertz CT molecular complexity index is 1000. The zero-order valence-corrected chi connectivity index (χ0v) is 13.5. The minimum absolute atomic E-state index is 0.0141. The molecule has 23 heavy (non-hydrogen) atoms. The third-order valence-corrected chi connectivity index (χ3v) is 4.46. The SMILES string of the molecule is Cc1ccc(/C=C2\CCn3c2nc2ccc(Cl)cc2c3=O)cc1. The van der Waals surface area contributed by atoms with Crippen molar-refractivity contribution in [2.45, 2.75) is 19.9 Å². The monoisotopic (exact) mass is 322 g/mol. The molecule has 1 aromatic heterocycles. The van der Waals surface area contributed by atoms with Crippen LogP contribution in [0.3, 0.4) is 0 Å². The molecule has 4 heteroatoms. The van der Waals surface area contributed by atoms with Gasteiger partial charge in [-0.15, -0.1) is 0 Å². The summed E-state index contributed by atoms with van der Waals surface area (Å²) in [5.41, 5.74) is 4.14. The first-order chi connectivity index (χ1) is 11.1. The van der Waals surface area contributed by atoms with E-state index in [-0.39, 0.29) is 5.56 Å². The summed E-state index contributed by atoms with van der Waals surface area (Å²) in [7, 11) is 0. The first-order valence-corrected chi connectivity index (χ1v) is 7.97. The Morgan fingerprint density at radius 1 is 1.17 bits per heavy atom. The minimum atomic E-state index is -0.0141. The van der Waals surface area contributed by atoms with Crippen molar-refractivity contribution in [1.29, 1.82) is 0 Å². The molecule has 0 fully saturated rings. The van der Waals surface area contributed by atoms with Gasteiger partial charge in [0, 0.05) is 11.6 Å². The number of nitrogens with zero attached hydrogens (tertiary/aromatic N) is 2. The number of benzene rings is 2. The van der Waals surface area contributed by atoms with Crippen LogP contribution in [0.4, 0.5) is 0 Å². The van der Waals surface area contributed by atoms with Gasteiger partial charge in [0.05, 0.1) is 10.9 Å². The molecular formula is C19H15ClN2O. The summed E-state index contributed by atoms with van der Waals surface area (Å²) in [6.45, 7) is 2.74. The smallest absolute Gasteiger partial charge is 0.261 e. The minimum Gasteiger partial charge on any atom is -0.292 e. The van der Waals surface area contributed by atoms with Gasteiger partial charge in [0.2, 0.25) is 0 Å². The highest BCUT2D eigenvalue weighted by Gasteiger charge is 2.20. The van der Waals surface area contributed by atoms with Crippen LogP contribution < -0.4 is 5.56 Å². The molecule has 0 N–H and O–H groups in total. The van der Waals surface area contributed by atoms with Crippen molar-refractivity contribution in [3.05, 3.63) is 74.8 Å². The van der Waals surface area contributed by atoms with Crippen LogP contribution in [-0.4, -0.2) is 9.55 Å². The van der Waals surface area contributed by atoms with Crippen molar-refractivity contribution in [1.82, 2.24) is 9.55 Å². The average Bonchev–Trinajstić information content (AvgIpc) is 2.94. The highest BCUT2D eigenvalue weighted by atomic mass is 35.5. The zero-order valence-electron chi connectivity index (χ0n) is 12.7. The molecule has 4 rings (SSSR count). The summed E-state index contributed by atoms with van der Waals surface area (Å²) < 4.78 is 1.75. The second-order valence-electron chi connectivity index (χ2n) is 5.88. The normalized spacial score (nSPS) is 15.3. The lowest BCUT2D eigenvalue weighted by molar-refractivity contribution is 0.725. The molecule has 2 aromatic carbocycles. The Morgan fingerprint density at radius 3 is 2.74 bits per heavy atom. The molecule has 3 aromatic rings. The lowest BCUT2D eigenvalue weighted by atomic mass is 10.1. The second kappa shape index (κ2) is 5.36. The quantitative estimate of drug-likeness (QED) is 0.669. The van der Waals surface area contributed by atoms with Crippen LogP contribution in [0.25, 0.3) is 22.6 Å². The predicted octanol–water partition coefficient (Wildman–Crippen LogP) is 4.30. The van der Waals surface area contributed by atoms with Crippen molar-refractivity contribution >= 4 is 34.2 Å². The molecule has 0 spiro atoms. The van der Waals surface area contributed by atoms with Crippen LogP contribution in [-0.2, 0) is 6.54 Å². The first kappa shape index (κ1) is 14.2. The Labute approximate surface area is 138 Å². The fourth-order valence-electron chi connectivity index (χ4n) is 2.99. The van der Waals surface area contributed by atoms with E-state index in [1.54, 1.807) is 16.7 Å². The molecule has 0 unspecified atom stereocenters. The highest BCUT2D eigenvalue weighted by Crippen LogP contribution is 2.28. The Kier molecular flexibility index (Phi) is 3.31. The molecule has 0 atom stereocenters. The van der Waals surface area contributed by atoms with Gasteiger partial charge in [-0.1, -0.05) is 41.4 Å². The molecule has 0 saturated heterocycles. The van der Waals surface area contributed by atoms with Gasteiger partial charge in [0.15, 0.2) is 0 Å². The van der Waals surface area contributed by atoms with Gasteiger partial charge in [0.25, 0.3) is 5.56 Å². The van der Waals surface area contributed by atoms with Crippen LogP contribution in [0.5, 0.6) is 0 Å². The van der Waals surface area contributed by atoms with Gasteiger partial charge in [-0.2, -0.15) is 0 Å². The number of fused-ring (bicyclic) bond motifs is 2. The van der Waals surface area contributed by atoms with E-state index in [2.05, 4.69) is 42.2 Å². The van der Waals surface area contributed by atoms with Crippen molar-refractivity contribution in [3.8, 4) is 0 Å². The molecule has 0 radical (unpaired) electrons. The van der Waals surface area contributed by atoms with E-state index in [0.717, 1.165) is 23.4 Å². The number of hydrogen-bond acceptors (Lipinski definition) is 2. The van der Waals surface area contributed by atoms with Crippen molar-refractivity contribution in [2.24, 2.45) is 0 Å². The molecule has 0 amide bonds. The van der Waals surface area contributed by atoms with Crippen LogP contribution >= 0.6 is 11.6 Å². The van der Waals surface area contributed by atoms with E-state index in [1.807, 2.05) is 6.07 Å². The van der Waals surface area contributed by atoms with Gasteiger partial charge >= 0.3 is 0 Å². The molecule has 0 saturated carbocycles. The molecule has 0 aliphatic carbocycles. The fourth-order valence-corrected chi connectivity index (χ4v) is 3.16. The lowest BCUT2D eigenvalue weighted by Crippen LogP contribution is -2.20. The Balaban J connectivity index is 1.88. The number of halogens is 1. The van der Waals surface area contributed by atoms with Gasteiger partial charge in [-0.05, 0) is 48.8 Å². The first-order valence-electron chi connectivity index (χ1n) is 7.59. The van der Waals surface area contributed by atoms with Crippen molar-refractivity contribution < 1.29 is 0 Å². The number of rotatable bonds is 1. The van der Waals surface area contributed by atoms with E-state index in [0.29, 0.717) is 22.5 Å². The van der Waals surface area contributed by atoms with Gasteiger partial charge < -0.3 is 0 Å². The maximum Gasteiger partial charge on any atom is 0.261 e. The molecule has 3 nitrogen and oxygen atoms in total. The average molecular weight is 323 g/mol. The molecule has 1 aliphatic heterocycles. The number of aromatic nitrogens is 2. The van der Waals surface area contributed by atoms with Gasteiger partial charge in [0.1, 0.15) is 5.82 Å². The lowest BCUT2D eigenvalue weighted by Gasteiger charge is -2.06. The zero-order chi connectivity index (χ0) is 16.0. The summed E-state index contributed by atoms with van der Waals surface area (Å²) >= 11 is 6.00. The predicted molar refractivity (Wildman–Crippen MR) is 94.7 cm³/mol. The van der Waals surface area contributed by atoms with E-state index in [9.17, 15) is 4.79 Å². The number of allylic oxidation sites excluding steroid dienone is 1.